The van der Waals surface area contributed by atoms with Crippen molar-refractivity contribution in [3.05, 3.63) is 52.9 Å². The molecule has 2 atom stereocenters. The van der Waals surface area contributed by atoms with Crippen molar-refractivity contribution >= 4 is 29.4 Å². The number of anilines is 1. The summed E-state index contributed by atoms with van der Waals surface area (Å²) < 4.78 is 0. The molecule has 1 aromatic heterocycles. The molecule has 172 valence electrons. The van der Waals surface area contributed by atoms with Crippen LogP contribution in [-0.2, 0) is 4.79 Å². The summed E-state index contributed by atoms with van der Waals surface area (Å²) in [6.45, 7) is 2.13. The number of carbonyl (C=O) groups is 2. The summed E-state index contributed by atoms with van der Waals surface area (Å²) >= 11 is 6.02. The van der Waals surface area contributed by atoms with Gasteiger partial charge in [0, 0.05) is 50.1 Å². The Hall–Kier alpha value is -3.38. The lowest BCUT2D eigenvalue weighted by Gasteiger charge is -2.33. The van der Waals surface area contributed by atoms with Gasteiger partial charge < -0.3 is 19.8 Å². The number of aromatic nitrogens is 2. The van der Waals surface area contributed by atoms with Gasteiger partial charge >= 0.3 is 6.09 Å². The summed E-state index contributed by atoms with van der Waals surface area (Å²) in [6.07, 6.45) is 3.38. The number of carbonyl (C=O) groups excluding carboxylic acids is 1. The van der Waals surface area contributed by atoms with Gasteiger partial charge in [-0.3, -0.25) is 9.78 Å². The number of amides is 2. The van der Waals surface area contributed by atoms with Gasteiger partial charge in [0.2, 0.25) is 5.91 Å². The van der Waals surface area contributed by atoms with Gasteiger partial charge in [0.05, 0.1) is 18.4 Å². The fourth-order valence-electron chi connectivity index (χ4n) is 4.71. The first-order valence-electron chi connectivity index (χ1n) is 10.8. The van der Waals surface area contributed by atoms with Gasteiger partial charge in [0.1, 0.15) is 11.9 Å². The number of carboxylic acid groups (broad SMARTS) is 1. The third-order valence-electron chi connectivity index (χ3n) is 6.60. The van der Waals surface area contributed by atoms with E-state index >= 15 is 0 Å². The molecule has 1 N–H and O–H groups in total. The third kappa shape index (κ3) is 4.86. The Labute approximate surface area is 197 Å². The number of hydrogen-bond donors (Lipinski definition) is 1. The molecule has 2 aliphatic rings. The lowest BCUT2D eigenvalue weighted by Crippen LogP contribution is -2.44. The van der Waals surface area contributed by atoms with Crippen LogP contribution >= 0.6 is 11.6 Å². The van der Waals surface area contributed by atoms with Gasteiger partial charge in [-0.25, -0.2) is 9.78 Å². The van der Waals surface area contributed by atoms with Crippen molar-refractivity contribution in [3.63, 3.8) is 0 Å². The Morgan fingerprint density at radius 3 is 2.52 bits per heavy atom. The molecule has 0 saturated carbocycles. The minimum absolute atomic E-state index is 0.0618. The zero-order valence-electron chi connectivity index (χ0n) is 18.3. The molecule has 2 aliphatic heterocycles. The van der Waals surface area contributed by atoms with E-state index in [1.807, 2.05) is 23.1 Å². The van der Waals surface area contributed by atoms with Crippen LogP contribution < -0.4 is 4.90 Å². The molecule has 0 unspecified atom stereocenters. The second kappa shape index (κ2) is 9.63. The van der Waals surface area contributed by atoms with Crippen LogP contribution in [0.25, 0.3) is 0 Å². The molecule has 4 rings (SSSR count). The molecule has 33 heavy (non-hydrogen) atoms. The molecule has 0 radical (unpaired) electrons. The van der Waals surface area contributed by atoms with Crippen LogP contribution in [0.4, 0.5) is 10.6 Å². The Morgan fingerprint density at radius 2 is 1.88 bits per heavy atom. The smallest absolute Gasteiger partial charge is 0.407 e. The van der Waals surface area contributed by atoms with Gasteiger partial charge in [-0.05, 0) is 30.5 Å². The normalized spacial score (nSPS) is 21.0. The molecule has 1 aromatic carbocycles. The Morgan fingerprint density at radius 1 is 1.18 bits per heavy atom. The number of halogens is 1. The first-order valence-corrected chi connectivity index (χ1v) is 11.2. The second-order valence-electron chi connectivity index (χ2n) is 8.50. The number of nitrogens with zero attached hydrogens (tertiary/aromatic N) is 6. The molecule has 3 heterocycles. The standard InChI is InChI=1S/C23H25ClN6O3/c1-28(23(32)33)20-14-30(13-19(20)15-2-4-17(24)5-3-15)22(31)16-6-8-29(9-7-16)21-12-26-11-18(10-25)27-21/h2-5,11-12,16,19-20H,6-9,13-14H2,1H3,(H,32,33)/t19-,20+/m0/s1. The van der Waals surface area contributed by atoms with Crippen LogP contribution in [0.5, 0.6) is 0 Å². The highest BCUT2D eigenvalue weighted by atomic mass is 35.5. The van der Waals surface area contributed by atoms with Gasteiger partial charge in [-0.15, -0.1) is 0 Å². The molecule has 0 spiro atoms. The highest BCUT2D eigenvalue weighted by Crippen LogP contribution is 2.34. The second-order valence-corrected chi connectivity index (χ2v) is 8.93. The number of piperidine rings is 1. The molecular formula is C23H25ClN6O3. The third-order valence-corrected chi connectivity index (χ3v) is 6.85. The predicted octanol–water partition coefficient (Wildman–Crippen LogP) is 2.82. The largest absolute Gasteiger partial charge is 0.465 e. The summed E-state index contributed by atoms with van der Waals surface area (Å²) in [5.74, 6) is 0.461. The topological polar surface area (TPSA) is 114 Å². The Kier molecular flexibility index (Phi) is 6.65. The van der Waals surface area contributed by atoms with E-state index in [1.54, 1.807) is 30.3 Å². The van der Waals surface area contributed by atoms with Crippen LogP contribution in [0.2, 0.25) is 5.02 Å². The van der Waals surface area contributed by atoms with Gasteiger partial charge in [0.25, 0.3) is 0 Å². The van der Waals surface area contributed by atoms with Crippen molar-refractivity contribution in [2.75, 3.05) is 38.1 Å². The fourth-order valence-corrected chi connectivity index (χ4v) is 4.84. The van der Waals surface area contributed by atoms with Crippen molar-refractivity contribution < 1.29 is 14.7 Å². The average Bonchev–Trinajstić information content (AvgIpc) is 3.29. The van der Waals surface area contributed by atoms with E-state index in [2.05, 4.69) is 9.97 Å². The van der Waals surface area contributed by atoms with Crippen molar-refractivity contribution in [1.82, 2.24) is 19.8 Å². The van der Waals surface area contributed by atoms with Crippen molar-refractivity contribution in [2.24, 2.45) is 5.92 Å². The van der Waals surface area contributed by atoms with Crippen LogP contribution in [0.3, 0.4) is 0 Å². The summed E-state index contributed by atoms with van der Waals surface area (Å²) in [6, 6.07) is 9.06. The lowest BCUT2D eigenvalue weighted by atomic mass is 9.93. The number of benzene rings is 1. The van der Waals surface area contributed by atoms with Crippen molar-refractivity contribution in [1.29, 1.82) is 5.26 Å². The summed E-state index contributed by atoms with van der Waals surface area (Å²) in [5, 5.41) is 19.2. The van der Waals surface area contributed by atoms with E-state index < -0.39 is 6.09 Å². The van der Waals surface area contributed by atoms with Crippen LogP contribution in [0.15, 0.2) is 36.7 Å². The van der Waals surface area contributed by atoms with E-state index in [9.17, 15) is 14.7 Å². The highest BCUT2D eigenvalue weighted by Gasteiger charge is 2.42. The zero-order chi connectivity index (χ0) is 23.5. The molecule has 2 aromatic rings. The zero-order valence-corrected chi connectivity index (χ0v) is 19.0. The number of likely N-dealkylation sites (tertiary alicyclic amines) is 1. The average molecular weight is 469 g/mol. The number of nitriles is 1. The summed E-state index contributed by atoms with van der Waals surface area (Å²) in [7, 11) is 1.55. The predicted molar refractivity (Wildman–Crippen MR) is 122 cm³/mol. The molecule has 10 heteroatoms. The quantitative estimate of drug-likeness (QED) is 0.733. The molecule has 9 nitrogen and oxygen atoms in total. The van der Waals surface area contributed by atoms with Crippen LogP contribution in [0, 0.1) is 17.2 Å². The molecular weight excluding hydrogens is 444 g/mol. The van der Waals surface area contributed by atoms with Crippen LogP contribution in [0.1, 0.15) is 30.0 Å². The minimum Gasteiger partial charge on any atom is -0.465 e. The maximum Gasteiger partial charge on any atom is 0.407 e. The molecule has 2 amide bonds. The minimum atomic E-state index is -1.01. The van der Waals surface area contributed by atoms with Gasteiger partial charge in [-0.2, -0.15) is 5.26 Å². The summed E-state index contributed by atoms with van der Waals surface area (Å²) in [4.78, 5) is 38.5. The Balaban J connectivity index is 1.44. The maximum absolute atomic E-state index is 13.4. The molecule has 2 fully saturated rings. The lowest BCUT2D eigenvalue weighted by molar-refractivity contribution is -0.135. The monoisotopic (exact) mass is 468 g/mol. The molecule has 2 saturated heterocycles. The Bertz CT molecular complexity index is 1060. The van der Waals surface area contributed by atoms with E-state index in [-0.39, 0.29) is 29.5 Å². The van der Waals surface area contributed by atoms with E-state index in [0.717, 1.165) is 5.56 Å². The van der Waals surface area contributed by atoms with Crippen molar-refractivity contribution in [2.45, 2.75) is 24.8 Å². The number of likely N-dealkylation sites (N-methyl/N-ethyl adjacent to an activating group) is 1. The molecule has 0 bridgehead atoms. The SMILES string of the molecule is CN(C(=O)O)[C@@H]1CN(C(=O)C2CCN(c3cncc(C#N)n3)CC2)C[C@H]1c1ccc(Cl)cc1. The maximum atomic E-state index is 13.4. The van der Waals surface area contributed by atoms with Crippen LogP contribution in [-0.4, -0.2) is 76.1 Å². The van der Waals surface area contributed by atoms with E-state index in [1.165, 1.54) is 11.1 Å². The van der Waals surface area contributed by atoms with E-state index in [4.69, 9.17) is 16.9 Å². The van der Waals surface area contributed by atoms with Crippen molar-refractivity contribution in [3.8, 4) is 6.07 Å². The summed E-state index contributed by atoms with van der Waals surface area (Å²) in [5.41, 5.74) is 1.24. The molecule has 0 aliphatic carbocycles. The first kappa shape index (κ1) is 22.8. The first-order chi connectivity index (χ1) is 15.9. The number of hydrogen-bond acceptors (Lipinski definition) is 6. The van der Waals surface area contributed by atoms with Gasteiger partial charge in [0.15, 0.2) is 5.69 Å². The highest BCUT2D eigenvalue weighted by molar-refractivity contribution is 6.30. The number of rotatable bonds is 4. The van der Waals surface area contributed by atoms with Gasteiger partial charge in [-0.1, -0.05) is 23.7 Å². The fraction of sp³-hybridized carbons (Fsp3) is 0.435. The van der Waals surface area contributed by atoms with E-state index in [0.29, 0.717) is 49.9 Å².